The Labute approximate surface area is 215 Å². The maximum atomic E-state index is 11.8. The van der Waals surface area contributed by atoms with Crippen LogP contribution in [0, 0.1) is 0 Å². The van der Waals surface area contributed by atoms with Gasteiger partial charge in [0.25, 0.3) is 0 Å². The quantitative estimate of drug-likeness (QED) is 0.308. The van der Waals surface area contributed by atoms with Crippen LogP contribution >= 0.6 is 0 Å². The number of benzene rings is 2. The number of nitrogens with one attached hydrogen (secondary N) is 3. The van der Waals surface area contributed by atoms with Crippen molar-refractivity contribution in [3.63, 3.8) is 0 Å². The third kappa shape index (κ3) is 4.58. The van der Waals surface area contributed by atoms with Crippen molar-refractivity contribution in [3.05, 3.63) is 59.9 Å². The van der Waals surface area contributed by atoms with Gasteiger partial charge >= 0.3 is 6.03 Å². The molecule has 9 nitrogen and oxygen atoms in total. The van der Waals surface area contributed by atoms with Crippen molar-refractivity contribution in [2.24, 2.45) is 0 Å². The molecule has 6 rings (SSSR count). The summed E-state index contributed by atoms with van der Waals surface area (Å²) in [4.78, 5) is 24.2. The molecule has 1 saturated heterocycles. The molecule has 0 saturated carbocycles. The topological polar surface area (TPSA) is 113 Å². The number of fused-ring (bicyclic) bond motifs is 1. The fourth-order valence-electron chi connectivity index (χ4n) is 5.31. The van der Waals surface area contributed by atoms with Gasteiger partial charge in [-0.1, -0.05) is 25.1 Å². The standard InChI is InChI=1S/C28H31N7O2/c1-2-18-14-21(36)6-8-22(18)19-5-7-23-24(15-19)32-33-26(23)27-30-16-25(31-27)20-4-3-10-34(17-20)12-13-35-11-9-29-28(35)37/h4-8,14-16,36H,2-3,9-13,17H2,1H3,(H,29,37)(H,30,31)(H,32,33). The Kier molecular flexibility index (Phi) is 6.13. The number of aromatic nitrogens is 4. The summed E-state index contributed by atoms with van der Waals surface area (Å²) >= 11 is 0. The zero-order valence-electron chi connectivity index (χ0n) is 20.9. The molecule has 0 unspecified atom stereocenters. The van der Waals surface area contributed by atoms with Gasteiger partial charge in [-0.2, -0.15) is 5.10 Å². The van der Waals surface area contributed by atoms with Gasteiger partial charge in [0.2, 0.25) is 0 Å². The van der Waals surface area contributed by atoms with E-state index >= 15 is 0 Å². The van der Waals surface area contributed by atoms with Crippen LogP contribution in [-0.4, -0.2) is 80.4 Å². The molecule has 4 heterocycles. The Morgan fingerprint density at radius 1 is 1.11 bits per heavy atom. The van der Waals surface area contributed by atoms with Crippen molar-refractivity contribution >= 4 is 22.5 Å². The predicted octanol–water partition coefficient (Wildman–Crippen LogP) is 4.00. The van der Waals surface area contributed by atoms with Gasteiger partial charge in [0.05, 0.1) is 17.4 Å². The number of carbonyl (C=O) groups excluding carboxylic acids is 1. The molecule has 2 aliphatic rings. The second-order valence-electron chi connectivity index (χ2n) is 9.69. The van der Waals surface area contributed by atoms with Gasteiger partial charge in [-0.25, -0.2) is 9.78 Å². The average Bonchev–Trinajstić information content (AvgIpc) is 3.67. The van der Waals surface area contributed by atoms with E-state index in [4.69, 9.17) is 0 Å². The molecule has 4 aromatic rings. The van der Waals surface area contributed by atoms with E-state index in [-0.39, 0.29) is 11.8 Å². The molecule has 2 aromatic heterocycles. The molecule has 4 N–H and O–H groups in total. The number of phenolic OH excluding ortho intramolecular Hbond substituents is 1. The van der Waals surface area contributed by atoms with Crippen LogP contribution in [0.2, 0.25) is 0 Å². The van der Waals surface area contributed by atoms with E-state index in [9.17, 15) is 9.90 Å². The van der Waals surface area contributed by atoms with Crippen LogP contribution in [-0.2, 0) is 6.42 Å². The molecule has 2 amide bonds. The number of H-pyrrole nitrogens is 2. The summed E-state index contributed by atoms with van der Waals surface area (Å²) < 4.78 is 0. The van der Waals surface area contributed by atoms with Crippen LogP contribution in [0.4, 0.5) is 4.79 Å². The number of phenols is 1. The van der Waals surface area contributed by atoms with Crippen molar-refractivity contribution in [1.82, 2.24) is 35.3 Å². The second-order valence-corrected chi connectivity index (χ2v) is 9.69. The van der Waals surface area contributed by atoms with Crippen molar-refractivity contribution in [3.8, 4) is 28.4 Å². The van der Waals surface area contributed by atoms with Crippen molar-refractivity contribution in [2.75, 3.05) is 39.3 Å². The van der Waals surface area contributed by atoms with E-state index < -0.39 is 0 Å². The third-order valence-corrected chi connectivity index (χ3v) is 7.35. The Morgan fingerprint density at radius 3 is 2.86 bits per heavy atom. The number of hydrogen-bond donors (Lipinski definition) is 4. The summed E-state index contributed by atoms with van der Waals surface area (Å²) in [6.07, 6.45) is 5.97. The molecule has 9 heteroatoms. The minimum atomic E-state index is 0.0400. The Morgan fingerprint density at radius 2 is 2.03 bits per heavy atom. The molecule has 190 valence electrons. The minimum absolute atomic E-state index is 0.0400. The molecule has 2 aliphatic heterocycles. The Bertz CT molecular complexity index is 1480. The van der Waals surface area contributed by atoms with Gasteiger partial charge in [0.1, 0.15) is 11.4 Å². The maximum Gasteiger partial charge on any atom is 0.317 e. The summed E-state index contributed by atoms with van der Waals surface area (Å²) in [6.45, 7) is 7.04. The minimum Gasteiger partial charge on any atom is -0.508 e. The van der Waals surface area contributed by atoms with Crippen LogP contribution in [0.3, 0.4) is 0 Å². The third-order valence-electron chi connectivity index (χ3n) is 7.35. The Balaban J connectivity index is 1.19. The summed E-state index contributed by atoms with van der Waals surface area (Å²) in [6, 6.07) is 11.8. The molecular formula is C28H31N7O2. The first-order valence-corrected chi connectivity index (χ1v) is 12.9. The largest absolute Gasteiger partial charge is 0.508 e. The van der Waals surface area contributed by atoms with Crippen LogP contribution in [0.5, 0.6) is 5.75 Å². The fourth-order valence-corrected chi connectivity index (χ4v) is 5.31. The van der Waals surface area contributed by atoms with Gasteiger partial charge in [-0.05, 0) is 59.4 Å². The van der Waals surface area contributed by atoms with Crippen LogP contribution < -0.4 is 5.32 Å². The van der Waals surface area contributed by atoms with Gasteiger partial charge in [-0.15, -0.1) is 0 Å². The molecule has 0 bridgehead atoms. The summed E-state index contributed by atoms with van der Waals surface area (Å²) in [5.74, 6) is 1.02. The monoisotopic (exact) mass is 497 g/mol. The molecule has 2 aromatic carbocycles. The van der Waals surface area contributed by atoms with Gasteiger partial charge < -0.3 is 20.3 Å². The number of aryl methyl sites for hydroxylation is 1. The molecular weight excluding hydrogens is 466 g/mol. The molecule has 37 heavy (non-hydrogen) atoms. The number of aromatic hydroxyl groups is 1. The number of nitrogens with zero attached hydrogens (tertiary/aromatic N) is 4. The highest BCUT2D eigenvalue weighted by molar-refractivity contribution is 5.94. The lowest BCUT2D eigenvalue weighted by molar-refractivity contribution is 0.205. The molecule has 0 aliphatic carbocycles. The smallest absolute Gasteiger partial charge is 0.317 e. The number of imidazole rings is 1. The lowest BCUT2D eigenvalue weighted by Gasteiger charge is -2.28. The molecule has 0 spiro atoms. The number of aromatic amines is 2. The van der Waals surface area contributed by atoms with Crippen molar-refractivity contribution in [2.45, 2.75) is 19.8 Å². The molecule has 0 atom stereocenters. The lowest BCUT2D eigenvalue weighted by Crippen LogP contribution is -2.39. The van der Waals surface area contributed by atoms with Crippen LogP contribution in [0.25, 0.3) is 39.1 Å². The predicted molar refractivity (Wildman–Crippen MR) is 144 cm³/mol. The zero-order valence-corrected chi connectivity index (χ0v) is 20.9. The van der Waals surface area contributed by atoms with Gasteiger partial charge in [-0.3, -0.25) is 10.00 Å². The van der Waals surface area contributed by atoms with E-state index in [0.717, 1.165) is 96.9 Å². The summed E-state index contributed by atoms with van der Waals surface area (Å²) in [5, 5.41) is 21.5. The van der Waals surface area contributed by atoms with E-state index in [1.54, 1.807) is 6.07 Å². The van der Waals surface area contributed by atoms with E-state index in [1.165, 1.54) is 5.57 Å². The number of urea groups is 1. The molecule has 1 fully saturated rings. The maximum absolute atomic E-state index is 11.8. The normalized spacial score (nSPS) is 16.4. The zero-order chi connectivity index (χ0) is 25.4. The highest BCUT2D eigenvalue weighted by Gasteiger charge is 2.22. The van der Waals surface area contributed by atoms with Crippen molar-refractivity contribution < 1.29 is 9.90 Å². The molecule has 0 radical (unpaired) electrons. The van der Waals surface area contributed by atoms with E-state index in [1.807, 2.05) is 23.2 Å². The first-order valence-electron chi connectivity index (χ1n) is 12.9. The fraction of sp³-hybridized carbons (Fsp3) is 0.321. The van der Waals surface area contributed by atoms with Gasteiger partial charge in [0, 0.05) is 44.7 Å². The lowest BCUT2D eigenvalue weighted by atomic mass is 9.97. The average molecular weight is 498 g/mol. The van der Waals surface area contributed by atoms with Crippen molar-refractivity contribution in [1.29, 1.82) is 0 Å². The summed E-state index contributed by atoms with van der Waals surface area (Å²) in [5.41, 5.74) is 7.25. The van der Waals surface area contributed by atoms with Crippen LogP contribution in [0.15, 0.2) is 48.7 Å². The number of hydrogen-bond acceptors (Lipinski definition) is 5. The first-order chi connectivity index (χ1) is 18.1. The Hall–Kier alpha value is -4.11. The highest BCUT2D eigenvalue weighted by atomic mass is 16.3. The number of carbonyl (C=O) groups is 1. The SMILES string of the molecule is CCc1cc(O)ccc1-c1ccc2c(-c3ncc(C4=CCCN(CCN5CCNC5=O)C4)[nH]3)n[nH]c2c1. The highest BCUT2D eigenvalue weighted by Crippen LogP contribution is 2.32. The second kappa shape index (κ2) is 9.74. The number of amides is 2. The van der Waals surface area contributed by atoms with E-state index in [2.05, 4.69) is 61.6 Å². The first kappa shape index (κ1) is 23.3. The van der Waals surface area contributed by atoms with Gasteiger partial charge in [0.15, 0.2) is 5.82 Å². The number of rotatable bonds is 7. The van der Waals surface area contributed by atoms with E-state index in [0.29, 0.717) is 0 Å². The summed E-state index contributed by atoms with van der Waals surface area (Å²) in [7, 11) is 0. The van der Waals surface area contributed by atoms with Crippen LogP contribution in [0.1, 0.15) is 24.6 Å².